The van der Waals surface area contributed by atoms with Crippen molar-refractivity contribution < 1.29 is 0 Å². The summed E-state index contributed by atoms with van der Waals surface area (Å²) in [6, 6.07) is 0. The lowest BCUT2D eigenvalue weighted by Crippen LogP contribution is -2.48. The predicted octanol–water partition coefficient (Wildman–Crippen LogP) is 6.14. The summed E-state index contributed by atoms with van der Waals surface area (Å²) >= 11 is 0. The largest absolute Gasteiger partial charge is 0.0805 e. The molecule has 0 aromatic carbocycles. The maximum atomic E-state index is 2.60. The van der Waals surface area contributed by atoms with Crippen molar-refractivity contribution >= 4 is 0 Å². The maximum absolute atomic E-state index is 2.60. The van der Waals surface area contributed by atoms with Crippen molar-refractivity contribution in [1.29, 1.82) is 0 Å². The summed E-state index contributed by atoms with van der Waals surface area (Å²) in [5, 5.41) is 0. The summed E-state index contributed by atoms with van der Waals surface area (Å²) in [6.07, 6.45) is 13.4. The van der Waals surface area contributed by atoms with Crippen molar-refractivity contribution in [2.75, 3.05) is 0 Å². The highest BCUT2D eigenvalue weighted by Gasteiger charge is 2.51. The monoisotopic (exact) mass is 272 g/mol. The van der Waals surface area contributed by atoms with Crippen molar-refractivity contribution in [3.05, 3.63) is 23.3 Å². The first-order valence-electron chi connectivity index (χ1n) is 8.78. The van der Waals surface area contributed by atoms with E-state index in [0.29, 0.717) is 10.8 Å². The lowest BCUT2D eigenvalue weighted by atomic mass is 9.48. The Morgan fingerprint density at radius 2 is 2.00 bits per heavy atom. The quantitative estimate of drug-likeness (QED) is 0.537. The van der Waals surface area contributed by atoms with Gasteiger partial charge in [-0.3, -0.25) is 0 Å². The van der Waals surface area contributed by atoms with Gasteiger partial charge in [-0.05, 0) is 73.2 Å². The third-order valence-corrected chi connectivity index (χ3v) is 7.62. The number of hydrogen-bond acceptors (Lipinski definition) is 0. The van der Waals surface area contributed by atoms with Crippen LogP contribution in [0.25, 0.3) is 0 Å². The molecule has 3 rings (SSSR count). The van der Waals surface area contributed by atoms with E-state index in [0.717, 1.165) is 17.8 Å². The van der Waals surface area contributed by atoms with Crippen molar-refractivity contribution in [3.8, 4) is 0 Å². The minimum atomic E-state index is 0.478. The van der Waals surface area contributed by atoms with Gasteiger partial charge in [0, 0.05) is 0 Å². The minimum Gasteiger partial charge on any atom is -0.0805 e. The number of fused-ring (bicyclic) bond motifs is 3. The van der Waals surface area contributed by atoms with E-state index < -0.39 is 0 Å². The molecular formula is C20H32. The second-order valence-electron chi connectivity index (χ2n) is 8.41. The highest BCUT2D eigenvalue weighted by Crippen LogP contribution is 2.61. The Kier molecular flexibility index (Phi) is 3.42. The lowest BCUT2D eigenvalue weighted by Gasteiger charge is -2.57. The highest BCUT2D eigenvalue weighted by atomic mass is 14.6. The van der Waals surface area contributed by atoms with Gasteiger partial charge in [0.25, 0.3) is 0 Å². The molecule has 5 atom stereocenters. The van der Waals surface area contributed by atoms with Gasteiger partial charge in [0.05, 0.1) is 0 Å². The second-order valence-corrected chi connectivity index (χ2v) is 8.41. The summed E-state index contributed by atoms with van der Waals surface area (Å²) in [4.78, 5) is 0. The van der Waals surface area contributed by atoms with Crippen molar-refractivity contribution in [3.63, 3.8) is 0 Å². The summed E-state index contributed by atoms with van der Waals surface area (Å²) in [5.41, 5.74) is 4.33. The van der Waals surface area contributed by atoms with E-state index in [1.54, 1.807) is 11.1 Å². The Morgan fingerprint density at radius 3 is 2.70 bits per heavy atom. The summed E-state index contributed by atoms with van der Waals surface area (Å²) in [7, 11) is 0. The average molecular weight is 272 g/mol. The second kappa shape index (κ2) is 4.75. The Hall–Kier alpha value is -0.520. The molecule has 0 bridgehead atoms. The Morgan fingerprint density at radius 1 is 1.25 bits per heavy atom. The van der Waals surface area contributed by atoms with Gasteiger partial charge < -0.3 is 0 Å². The fraction of sp³-hybridized carbons (Fsp3) is 0.800. The van der Waals surface area contributed by atoms with Crippen LogP contribution in [0.3, 0.4) is 0 Å². The molecule has 3 aliphatic rings. The normalized spacial score (nSPS) is 48.0. The molecule has 0 aliphatic heterocycles. The standard InChI is InChI=1S/C20H32/c1-6-19(4)11-10-18-17(15(19)3)8-7-16-13-14(2)9-12-20(16,18)5/h7,13,15,17-18H,6,8-12H2,1-5H3/t15-,17-,18-,19-,20-/m0/s1. The van der Waals surface area contributed by atoms with E-state index in [1.165, 1.54) is 38.5 Å². The Labute approximate surface area is 125 Å². The fourth-order valence-corrected chi connectivity index (χ4v) is 5.51. The molecular weight excluding hydrogens is 240 g/mol. The number of rotatable bonds is 1. The van der Waals surface area contributed by atoms with Gasteiger partial charge in [0.15, 0.2) is 0 Å². The number of hydrogen-bond donors (Lipinski definition) is 0. The van der Waals surface area contributed by atoms with Crippen molar-refractivity contribution in [2.24, 2.45) is 28.6 Å². The van der Waals surface area contributed by atoms with Crippen LogP contribution in [0.1, 0.15) is 73.1 Å². The molecule has 0 N–H and O–H groups in total. The molecule has 0 amide bonds. The van der Waals surface area contributed by atoms with Crippen LogP contribution in [0.4, 0.5) is 0 Å². The first-order chi connectivity index (χ1) is 9.40. The zero-order valence-corrected chi connectivity index (χ0v) is 14.1. The van der Waals surface area contributed by atoms with Gasteiger partial charge in [0.1, 0.15) is 0 Å². The lowest BCUT2D eigenvalue weighted by molar-refractivity contribution is -0.0291. The predicted molar refractivity (Wildman–Crippen MR) is 87.6 cm³/mol. The number of allylic oxidation sites excluding steroid dienone is 4. The molecule has 0 unspecified atom stereocenters. The Balaban J connectivity index is 1.95. The molecule has 3 aliphatic carbocycles. The molecule has 0 nitrogen and oxygen atoms in total. The topological polar surface area (TPSA) is 0 Å². The van der Waals surface area contributed by atoms with Crippen molar-refractivity contribution in [2.45, 2.75) is 73.1 Å². The highest BCUT2D eigenvalue weighted by molar-refractivity contribution is 5.36. The van der Waals surface area contributed by atoms with Crippen LogP contribution in [0.2, 0.25) is 0 Å². The SMILES string of the molecule is CC[C@@]1(C)CC[C@H]2[C@@H](CC=C3C=C(C)CC[C@@]32C)[C@@H]1C. The summed E-state index contributed by atoms with van der Waals surface area (Å²) < 4.78 is 0. The first-order valence-corrected chi connectivity index (χ1v) is 8.78. The first kappa shape index (κ1) is 14.4. The summed E-state index contributed by atoms with van der Waals surface area (Å²) in [6.45, 7) is 12.4. The molecule has 0 heterocycles. The van der Waals surface area contributed by atoms with Crippen LogP contribution >= 0.6 is 0 Å². The molecule has 1 fully saturated rings. The molecule has 0 heteroatoms. The molecule has 112 valence electrons. The molecule has 20 heavy (non-hydrogen) atoms. The van der Waals surface area contributed by atoms with Gasteiger partial charge >= 0.3 is 0 Å². The van der Waals surface area contributed by atoms with Crippen LogP contribution in [0.15, 0.2) is 23.3 Å². The summed E-state index contributed by atoms with van der Waals surface area (Å²) in [5.74, 6) is 2.74. The third kappa shape index (κ3) is 1.94. The maximum Gasteiger partial charge on any atom is -0.00443 e. The average Bonchev–Trinajstić information content (AvgIpc) is 2.43. The van der Waals surface area contributed by atoms with E-state index in [4.69, 9.17) is 0 Å². The fourth-order valence-electron chi connectivity index (χ4n) is 5.51. The van der Waals surface area contributed by atoms with E-state index in [1.807, 2.05) is 0 Å². The van der Waals surface area contributed by atoms with Crippen LogP contribution in [-0.4, -0.2) is 0 Å². The van der Waals surface area contributed by atoms with Crippen molar-refractivity contribution in [1.82, 2.24) is 0 Å². The van der Waals surface area contributed by atoms with Gasteiger partial charge in [0.2, 0.25) is 0 Å². The Bertz CT molecular complexity index is 455. The van der Waals surface area contributed by atoms with E-state index >= 15 is 0 Å². The van der Waals surface area contributed by atoms with Crippen LogP contribution < -0.4 is 0 Å². The molecule has 1 saturated carbocycles. The zero-order chi connectivity index (χ0) is 14.5. The zero-order valence-electron chi connectivity index (χ0n) is 14.1. The third-order valence-electron chi connectivity index (χ3n) is 7.62. The molecule has 0 radical (unpaired) electrons. The van der Waals surface area contributed by atoms with E-state index in [9.17, 15) is 0 Å². The molecule has 0 spiro atoms. The molecule has 0 aromatic rings. The van der Waals surface area contributed by atoms with Gasteiger partial charge in [-0.2, -0.15) is 0 Å². The van der Waals surface area contributed by atoms with Crippen LogP contribution in [0.5, 0.6) is 0 Å². The van der Waals surface area contributed by atoms with Crippen LogP contribution in [-0.2, 0) is 0 Å². The smallest absolute Gasteiger partial charge is 0.00443 e. The molecule has 0 aromatic heterocycles. The van der Waals surface area contributed by atoms with Gasteiger partial charge in [-0.25, -0.2) is 0 Å². The van der Waals surface area contributed by atoms with Gasteiger partial charge in [-0.15, -0.1) is 0 Å². The van der Waals surface area contributed by atoms with Gasteiger partial charge in [-0.1, -0.05) is 51.8 Å². The minimum absolute atomic E-state index is 0.478. The van der Waals surface area contributed by atoms with E-state index in [2.05, 4.69) is 46.8 Å². The van der Waals surface area contributed by atoms with E-state index in [-0.39, 0.29) is 0 Å². The molecule has 0 saturated heterocycles. The van der Waals surface area contributed by atoms with Crippen LogP contribution in [0, 0.1) is 28.6 Å².